The minimum Gasteiger partial charge on any atom is -0.399 e. The summed E-state index contributed by atoms with van der Waals surface area (Å²) in [5.74, 6) is -0.743. The molecule has 116 valence electrons. The summed E-state index contributed by atoms with van der Waals surface area (Å²) in [7, 11) is 0. The Bertz CT molecular complexity index is 476. The average molecular weight is 296 g/mol. The van der Waals surface area contributed by atoms with Crippen LogP contribution in [0.2, 0.25) is 0 Å². The van der Waals surface area contributed by atoms with Crippen LogP contribution in [0.25, 0.3) is 0 Å². The van der Waals surface area contributed by atoms with Gasteiger partial charge >= 0.3 is 0 Å². The van der Waals surface area contributed by atoms with Crippen molar-refractivity contribution in [1.29, 1.82) is 0 Å². The predicted octanol–water partition coefficient (Wildman–Crippen LogP) is 2.32. The minimum absolute atomic E-state index is 0.111. The highest BCUT2D eigenvalue weighted by Gasteiger charge is 2.15. The van der Waals surface area contributed by atoms with Crippen molar-refractivity contribution in [3.8, 4) is 0 Å². The van der Waals surface area contributed by atoms with Crippen molar-refractivity contribution in [2.45, 2.75) is 31.8 Å². The second kappa shape index (κ2) is 7.95. The number of hydrogen-bond acceptors (Lipinski definition) is 4. The lowest BCUT2D eigenvalue weighted by molar-refractivity contribution is -0.116. The number of amides is 1. The summed E-state index contributed by atoms with van der Waals surface area (Å²) in [5, 5.41) is 2.51. The summed E-state index contributed by atoms with van der Waals surface area (Å²) < 4.78 is 24.3. The topological polar surface area (TPSA) is 73.6 Å². The van der Waals surface area contributed by atoms with Gasteiger partial charge in [-0.25, -0.2) is 4.39 Å². The van der Waals surface area contributed by atoms with Gasteiger partial charge in [0.05, 0.1) is 18.4 Å². The third-order valence-electron chi connectivity index (χ3n) is 3.28. The Morgan fingerprint density at radius 3 is 3.14 bits per heavy atom. The van der Waals surface area contributed by atoms with E-state index in [9.17, 15) is 9.18 Å². The van der Waals surface area contributed by atoms with E-state index in [4.69, 9.17) is 15.2 Å². The Kier molecular flexibility index (Phi) is 5.95. The van der Waals surface area contributed by atoms with Gasteiger partial charge in [-0.3, -0.25) is 4.79 Å². The van der Waals surface area contributed by atoms with E-state index in [1.807, 2.05) is 0 Å². The largest absolute Gasteiger partial charge is 0.399 e. The van der Waals surface area contributed by atoms with Crippen LogP contribution in [0.1, 0.15) is 25.7 Å². The first-order valence-electron chi connectivity index (χ1n) is 7.19. The molecule has 0 bridgehead atoms. The summed E-state index contributed by atoms with van der Waals surface area (Å²) in [6.45, 7) is 1.88. The Morgan fingerprint density at radius 1 is 1.52 bits per heavy atom. The standard InChI is InChI=1S/C15H21FN2O3/c16-13-6-5-11(17)9-14(13)18-15(19)4-2-7-20-10-12-3-1-8-21-12/h5-6,9,12H,1-4,7-8,10,17H2,(H,18,19). The number of carbonyl (C=O) groups excluding carboxylic acids is 1. The summed E-state index contributed by atoms with van der Waals surface area (Å²) >= 11 is 0. The van der Waals surface area contributed by atoms with Crippen LogP contribution in [0.5, 0.6) is 0 Å². The molecule has 0 spiro atoms. The van der Waals surface area contributed by atoms with Crippen molar-refractivity contribution in [1.82, 2.24) is 0 Å². The molecule has 1 aliphatic heterocycles. The van der Waals surface area contributed by atoms with E-state index in [2.05, 4.69) is 5.32 Å². The molecular weight excluding hydrogens is 275 g/mol. The van der Waals surface area contributed by atoms with Crippen LogP contribution >= 0.6 is 0 Å². The smallest absolute Gasteiger partial charge is 0.224 e. The van der Waals surface area contributed by atoms with Gasteiger partial charge in [-0.1, -0.05) is 0 Å². The number of nitrogen functional groups attached to an aromatic ring is 1. The monoisotopic (exact) mass is 296 g/mol. The van der Waals surface area contributed by atoms with Gasteiger partial charge in [0.15, 0.2) is 0 Å². The van der Waals surface area contributed by atoms with Crippen molar-refractivity contribution in [2.24, 2.45) is 0 Å². The molecule has 1 heterocycles. The van der Waals surface area contributed by atoms with Gasteiger partial charge in [-0.05, 0) is 37.5 Å². The average Bonchev–Trinajstić information content (AvgIpc) is 2.96. The fourth-order valence-corrected chi connectivity index (χ4v) is 2.18. The number of anilines is 2. The van der Waals surface area contributed by atoms with Crippen LogP contribution in [-0.4, -0.2) is 31.8 Å². The molecule has 1 aliphatic rings. The maximum Gasteiger partial charge on any atom is 0.224 e. The quantitative estimate of drug-likeness (QED) is 0.598. The zero-order chi connectivity index (χ0) is 15.1. The van der Waals surface area contributed by atoms with Crippen molar-refractivity contribution < 1.29 is 18.7 Å². The highest BCUT2D eigenvalue weighted by Crippen LogP contribution is 2.17. The molecule has 0 aliphatic carbocycles. The number of benzene rings is 1. The van der Waals surface area contributed by atoms with Gasteiger partial charge in [0.25, 0.3) is 0 Å². The molecule has 21 heavy (non-hydrogen) atoms. The number of nitrogens with one attached hydrogen (secondary N) is 1. The molecule has 1 fully saturated rings. The van der Waals surface area contributed by atoms with Gasteiger partial charge in [0.2, 0.25) is 5.91 Å². The summed E-state index contributed by atoms with van der Waals surface area (Å²) in [5.41, 5.74) is 6.07. The third kappa shape index (κ3) is 5.32. The van der Waals surface area contributed by atoms with Gasteiger partial charge in [0.1, 0.15) is 5.82 Å². The van der Waals surface area contributed by atoms with E-state index >= 15 is 0 Å². The van der Waals surface area contributed by atoms with Crippen molar-refractivity contribution in [3.63, 3.8) is 0 Å². The molecule has 6 heteroatoms. The molecule has 0 saturated carbocycles. The first kappa shape index (κ1) is 15.7. The van der Waals surface area contributed by atoms with Crippen molar-refractivity contribution in [3.05, 3.63) is 24.0 Å². The Balaban J connectivity index is 1.62. The SMILES string of the molecule is Nc1ccc(F)c(NC(=O)CCCOCC2CCCO2)c1. The van der Waals surface area contributed by atoms with Crippen LogP contribution in [-0.2, 0) is 14.3 Å². The zero-order valence-corrected chi connectivity index (χ0v) is 11.9. The van der Waals surface area contributed by atoms with E-state index in [-0.39, 0.29) is 24.1 Å². The van der Waals surface area contributed by atoms with E-state index in [0.717, 1.165) is 19.4 Å². The number of carbonyl (C=O) groups is 1. The zero-order valence-electron chi connectivity index (χ0n) is 11.9. The third-order valence-corrected chi connectivity index (χ3v) is 3.28. The molecule has 2 rings (SSSR count). The van der Waals surface area contributed by atoms with Crippen LogP contribution in [0.3, 0.4) is 0 Å². The van der Waals surface area contributed by atoms with Gasteiger partial charge in [0, 0.05) is 25.3 Å². The molecule has 1 aromatic carbocycles. The first-order valence-corrected chi connectivity index (χ1v) is 7.19. The van der Waals surface area contributed by atoms with Crippen molar-refractivity contribution in [2.75, 3.05) is 30.9 Å². The van der Waals surface area contributed by atoms with E-state index < -0.39 is 5.82 Å². The lowest BCUT2D eigenvalue weighted by Crippen LogP contribution is -2.16. The van der Waals surface area contributed by atoms with Gasteiger partial charge < -0.3 is 20.5 Å². The number of ether oxygens (including phenoxy) is 2. The summed E-state index contributed by atoms with van der Waals surface area (Å²) in [6, 6.07) is 4.08. The molecule has 1 aromatic rings. The molecule has 0 radical (unpaired) electrons. The molecule has 1 unspecified atom stereocenters. The molecule has 1 amide bonds. The minimum atomic E-state index is -0.493. The van der Waals surface area contributed by atoms with Crippen LogP contribution in [0.4, 0.5) is 15.8 Å². The number of rotatable bonds is 7. The Hall–Kier alpha value is -1.66. The maximum atomic E-state index is 13.4. The normalized spacial score (nSPS) is 17.9. The first-order chi connectivity index (χ1) is 10.1. The number of nitrogens with two attached hydrogens (primary N) is 1. The molecule has 0 aromatic heterocycles. The predicted molar refractivity (Wildman–Crippen MR) is 78.5 cm³/mol. The van der Waals surface area contributed by atoms with E-state index in [1.165, 1.54) is 18.2 Å². The lowest BCUT2D eigenvalue weighted by atomic mass is 10.2. The van der Waals surface area contributed by atoms with Gasteiger partial charge in [-0.2, -0.15) is 0 Å². The number of hydrogen-bond donors (Lipinski definition) is 2. The maximum absolute atomic E-state index is 13.4. The number of halogens is 1. The molecule has 1 atom stereocenters. The summed E-state index contributed by atoms with van der Waals surface area (Å²) in [4.78, 5) is 11.7. The fourth-order valence-electron chi connectivity index (χ4n) is 2.18. The molecular formula is C15H21FN2O3. The fraction of sp³-hybridized carbons (Fsp3) is 0.533. The van der Waals surface area contributed by atoms with E-state index in [0.29, 0.717) is 25.3 Å². The molecule has 5 nitrogen and oxygen atoms in total. The summed E-state index contributed by atoms with van der Waals surface area (Å²) in [6.07, 6.45) is 3.18. The highest BCUT2D eigenvalue weighted by atomic mass is 19.1. The Morgan fingerprint density at radius 2 is 2.38 bits per heavy atom. The van der Waals surface area contributed by atoms with Crippen molar-refractivity contribution >= 4 is 17.3 Å². The lowest BCUT2D eigenvalue weighted by Gasteiger charge is -2.10. The van der Waals surface area contributed by atoms with Crippen LogP contribution < -0.4 is 11.1 Å². The molecule has 1 saturated heterocycles. The van der Waals surface area contributed by atoms with Crippen LogP contribution in [0.15, 0.2) is 18.2 Å². The Labute approximate surface area is 123 Å². The van der Waals surface area contributed by atoms with E-state index in [1.54, 1.807) is 0 Å². The van der Waals surface area contributed by atoms with Crippen LogP contribution in [0, 0.1) is 5.82 Å². The molecule has 3 N–H and O–H groups in total. The highest BCUT2D eigenvalue weighted by molar-refractivity contribution is 5.91. The second-order valence-corrected chi connectivity index (χ2v) is 5.10. The van der Waals surface area contributed by atoms with Gasteiger partial charge in [-0.15, -0.1) is 0 Å². The second-order valence-electron chi connectivity index (χ2n) is 5.10.